The van der Waals surface area contributed by atoms with Crippen molar-refractivity contribution in [3.63, 3.8) is 0 Å². The topological polar surface area (TPSA) is 114 Å². The molecule has 0 bridgehead atoms. The fourth-order valence-corrected chi connectivity index (χ4v) is 4.10. The van der Waals surface area contributed by atoms with E-state index < -0.39 is 29.9 Å². The van der Waals surface area contributed by atoms with Crippen LogP contribution >= 0.6 is 11.3 Å². The third kappa shape index (κ3) is 2.99. The van der Waals surface area contributed by atoms with E-state index in [4.69, 9.17) is 4.74 Å². The van der Waals surface area contributed by atoms with Crippen LogP contribution in [0.25, 0.3) is 0 Å². The van der Waals surface area contributed by atoms with Crippen LogP contribution in [0.1, 0.15) is 36.8 Å². The Labute approximate surface area is 165 Å². The van der Waals surface area contributed by atoms with Gasteiger partial charge in [0, 0.05) is 17.9 Å². The standard InChI is InChI=1S/C18H19N5O4S/c1-10(2)14-21-22-16(28-14)19-13(24)9-23-15(25)18(20-17(23)26)7-8-27-12-6-4-3-5-11(12)18/h3-6,10H,7-9H2,1-2H3,(H,20,26)(H,19,22,24)/t18-/m0/s1. The highest BCUT2D eigenvalue weighted by Crippen LogP contribution is 2.40. The number of nitrogens with one attached hydrogen (secondary N) is 2. The summed E-state index contributed by atoms with van der Waals surface area (Å²) in [6.45, 7) is 3.85. The number of hydrogen-bond acceptors (Lipinski definition) is 7. The molecule has 2 aliphatic heterocycles. The Hall–Kier alpha value is -3.01. The minimum atomic E-state index is -1.19. The van der Waals surface area contributed by atoms with Gasteiger partial charge in [-0.2, -0.15) is 0 Å². The molecule has 1 aromatic heterocycles. The normalized spacial score (nSPS) is 20.9. The summed E-state index contributed by atoms with van der Waals surface area (Å²) in [6, 6.07) is 6.50. The lowest BCUT2D eigenvalue weighted by atomic mass is 9.84. The summed E-state index contributed by atoms with van der Waals surface area (Å²) < 4.78 is 5.60. The molecule has 0 saturated carbocycles. The molecular formula is C18H19N5O4S. The van der Waals surface area contributed by atoms with Crippen LogP contribution in [0.3, 0.4) is 0 Å². The van der Waals surface area contributed by atoms with Crippen LogP contribution < -0.4 is 15.4 Å². The second-order valence-electron chi connectivity index (χ2n) is 6.97. The van der Waals surface area contributed by atoms with Crippen molar-refractivity contribution in [2.75, 3.05) is 18.5 Å². The van der Waals surface area contributed by atoms with Gasteiger partial charge in [-0.05, 0) is 6.07 Å². The van der Waals surface area contributed by atoms with E-state index in [-0.39, 0.29) is 5.92 Å². The molecule has 1 aromatic carbocycles. The van der Waals surface area contributed by atoms with Crippen molar-refractivity contribution in [3.8, 4) is 5.75 Å². The van der Waals surface area contributed by atoms with Crippen LogP contribution in [-0.4, -0.2) is 46.1 Å². The molecule has 9 nitrogen and oxygen atoms in total. The number of urea groups is 1. The molecule has 0 radical (unpaired) electrons. The molecule has 1 atom stereocenters. The number of benzene rings is 1. The van der Waals surface area contributed by atoms with E-state index in [9.17, 15) is 14.4 Å². The van der Waals surface area contributed by atoms with Crippen LogP contribution in [-0.2, 0) is 15.1 Å². The van der Waals surface area contributed by atoms with Gasteiger partial charge in [0.05, 0.1) is 6.61 Å². The maximum atomic E-state index is 13.1. The molecule has 146 valence electrons. The summed E-state index contributed by atoms with van der Waals surface area (Å²) in [4.78, 5) is 38.9. The lowest BCUT2D eigenvalue weighted by molar-refractivity contribution is -0.135. The maximum Gasteiger partial charge on any atom is 0.325 e. The predicted molar refractivity (Wildman–Crippen MR) is 101 cm³/mol. The zero-order valence-electron chi connectivity index (χ0n) is 15.4. The van der Waals surface area contributed by atoms with Crippen LogP contribution in [0.15, 0.2) is 24.3 Å². The molecule has 2 aromatic rings. The third-order valence-corrected chi connectivity index (χ3v) is 5.88. The van der Waals surface area contributed by atoms with Crippen LogP contribution in [0, 0.1) is 0 Å². The second-order valence-corrected chi connectivity index (χ2v) is 7.98. The van der Waals surface area contributed by atoms with Crippen molar-refractivity contribution >= 4 is 34.3 Å². The van der Waals surface area contributed by atoms with Crippen LogP contribution in [0.4, 0.5) is 9.93 Å². The molecule has 1 spiro atoms. The van der Waals surface area contributed by atoms with E-state index in [1.807, 2.05) is 13.8 Å². The number of carbonyl (C=O) groups excluding carboxylic acids is 3. The van der Waals surface area contributed by atoms with Crippen molar-refractivity contribution in [3.05, 3.63) is 34.8 Å². The number of hydrogen-bond donors (Lipinski definition) is 2. The Morgan fingerprint density at radius 3 is 2.89 bits per heavy atom. The first kappa shape index (κ1) is 18.4. The van der Waals surface area contributed by atoms with Gasteiger partial charge in [-0.25, -0.2) is 4.79 Å². The summed E-state index contributed by atoms with van der Waals surface area (Å²) in [7, 11) is 0. The van der Waals surface area contributed by atoms with Crippen molar-refractivity contribution < 1.29 is 19.1 Å². The monoisotopic (exact) mass is 401 g/mol. The molecule has 10 heteroatoms. The number of anilines is 1. The summed E-state index contributed by atoms with van der Waals surface area (Å²) in [5, 5.41) is 14.4. The second kappa shape index (κ2) is 6.86. The summed E-state index contributed by atoms with van der Waals surface area (Å²) in [5.41, 5.74) is -0.590. The van der Waals surface area contributed by atoms with Gasteiger partial charge < -0.3 is 10.1 Å². The molecule has 0 aliphatic carbocycles. The first-order valence-electron chi connectivity index (χ1n) is 8.90. The van der Waals surface area contributed by atoms with Gasteiger partial charge >= 0.3 is 6.03 Å². The van der Waals surface area contributed by atoms with Crippen LogP contribution in [0.2, 0.25) is 0 Å². The molecule has 1 saturated heterocycles. The Kier molecular flexibility index (Phi) is 4.50. The first-order chi connectivity index (χ1) is 13.4. The molecular weight excluding hydrogens is 382 g/mol. The van der Waals surface area contributed by atoms with Crippen molar-refractivity contribution in [1.82, 2.24) is 20.4 Å². The van der Waals surface area contributed by atoms with Gasteiger partial charge in [-0.1, -0.05) is 43.4 Å². The zero-order chi connectivity index (χ0) is 19.9. The molecule has 4 rings (SSSR count). The van der Waals surface area contributed by atoms with Gasteiger partial charge in [-0.15, -0.1) is 10.2 Å². The highest BCUT2D eigenvalue weighted by molar-refractivity contribution is 7.15. The fourth-order valence-electron chi connectivity index (χ4n) is 3.34. The Morgan fingerprint density at radius 1 is 1.36 bits per heavy atom. The minimum absolute atomic E-state index is 0.197. The minimum Gasteiger partial charge on any atom is -0.493 e. The Morgan fingerprint density at radius 2 is 2.14 bits per heavy atom. The molecule has 2 N–H and O–H groups in total. The zero-order valence-corrected chi connectivity index (χ0v) is 16.2. The van der Waals surface area contributed by atoms with Gasteiger partial charge in [0.15, 0.2) is 5.54 Å². The quantitative estimate of drug-likeness (QED) is 0.756. The predicted octanol–water partition coefficient (Wildman–Crippen LogP) is 1.83. The molecule has 1 fully saturated rings. The number of aromatic nitrogens is 2. The van der Waals surface area contributed by atoms with E-state index in [0.29, 0.717) is 29.5 Å². The van der Waals surface area contributed by atoms with Crippen molar-refractivity contribution in [1.29, 1.82) is 0 Å². The number of nitrogens with zero attached hydrogens (tertiary/aromatic N) is 3. The highest BCUT2D eigenvalue weighted by Gasteiger charge is 2.55. The van der Waals surface area contributed by atoms with E-state index in [2.05, 4.69) is 20.8 Å². The molecule has 0 unspecified atom stereocenters. The molecule has 4 amide bonds. The number of carbonyl (C=O) groups is 3. The highest BCUT2D eigenvalue weighted by atomic mass is 32.1. The fraction of sp³-hybridized carbons (Fsp3) is 0.389. The molecule has 28 heavy (non-hydrogen) atoms. The molecule has 2 aliphatic rings. The van der Waals surface area contributed by atoms with Crippen molar-refractivity contribution in [2.24, 2.45) is 0 Å². The lowest BCUT2D eigenvalue weighted by Gasteiger charge is -2.33. The lowest BCUT2D eigenvalue weighted by Crippen LogP contribution is -2.48. The number of ether oxygens (including phenoxy) is 1. The van der Waals surface area contributed by atoms with Crippen molar-refractivity contribution in [2.45, 2.75) is 31.7 Å². The number of rotatable bonds is 4. The van der Waals surface area contributed by atoms with E-state index >= 15 is 0 Å². The number of imide groups is 1. The van der Waals surface area contributed by atoms with Crippen LogP contribution in [0.5, 0.6) is 5.75 Å². The maximum absolute atomic E-state index is 13.1. The smallest absolute Gasteiger partial charge is 0.325 e. The van der Waals surface area contributed by atoms with Gasteiger partial charge in [0.25, 0.3) is 5.91 Å². The van der Waals surface area contributed by atoms with E-state index in [1.165, 1.54) is 11.3 Å². The number of fused-ring (bicyclic) bond motifs is 2. The van der Waals surface area contributed by atoms with Gasteiger partial charge in [0.1, 0.15) is 17.3 Å². The summed E-state index contributed by atoms with van der Waals surface area (Å²) in [5.74, 6) is -0.206. The Bertz CT molecular complexity index is 959. The largest absolute Gasteiger partial charge is 0.493 e. The van der Waals surface area contributed by atoms with E-state index in [1.54, 1.807) is 24.3 Å². The van der Waals surface area contributed by atoms with Gasteiger partial charge in [0.2, 0.25) is 11.0 Å². The summed E-state index contributed by atoms with van der Waals surface area (Å²) >= 11 is 1.27. The average Bonchev–Trinajstić information content (AvgIpc) is 3.22. The third-order valence-electron chi connectivity index (χ3n) is 4.74. The number of amides is 4. The SMILES string of the molecule is CC(C)c1nnc(NC(=O)CN2C(=O)N[C@]3(CCOc4ccccc43)C2=O)s1. The summed E-state index contributed by atoms with van der Waals surface area (Å²) in [6.07, 6.45) is 0.306. The number of para-hydroxylation sites is 1. The average molecular weight is 401 g/mol. The van der Waals surface area contributed by atoms with Gasteiger partial charge in [-0.3, -0.25) is 19.8 Å². The molecule has 3 heterocycles. The van der Waals surface area contributed by atoms with E-state index in [0.717, 1.165) is 9.91 Å². The first-order valence-corrected chi connectivity index (χ1v) is 9.72. The Balaban J connectivity index is 1.51.